The van der Waals surface area contributed by atoms with Gasteiger partial charge in [0.1, 0.15) is 11.6 Å². The van der Waals surface area contributed by atoms with Crippen molar-refractivity contribution in [2.75, 3.05) is 0 Å². The van der Waals surface area contributed by atoms with Crippen molar-refractivity contribution in [2.24, 2.45) is 0 Å². The predicted molar refractivity (Wildman–Crippen MR) is 40.2 cm³/mol. The topological polar surface area (TPSA) is 20.2 Å². The van der Waals surface area contributed by atoms with Crippen molar-refractivity contribution in [3.05, 3.63) is 34.9 Å². The van der Waals surface area contributed by atoms with Crippen LogP contribution in [0.5, 0.6) is 0 Å². The molecule has 0 saturated carbocycles. The molecule has 3 heteroatoms. The Labute approximate surface area is 68.7 Å². The van der Waals surface area contributed by atoms with Gasteiger partial charge in [-0.1, -0.05) is 5.92 Å². The van der Waals surface area contributed by atoms with Crippen molar-refractivity contribution < 1.29 is 13.9 Å². The first-order chi connectivity index (χ1) is 5.69. The van der Waals surface area contributed by atoms with Gasteiger partial charge >= 0.3 is 0 Å². The molecular weight excluding hydrogens is 162 g/mol. The molecule has 0 heterocycles. The lowest BCUT2D eigenvalue weighted by Crippen LogP contribution is -1.95. The van der Waals surface area contributed by atoms with Gasteiger partial charge in [0.05, 0.1) is 12.2 Å². The summed E-state index contributed by atoms with van der Waals surface area (Å²) >= 11 is 0. The number of aliphatic hydroxyl groups is 1. The summed E-state index contributed by atoms with van der Waals surface area (Å²) in [5, 5.41) is 8.67. The van der Waals surface area contributed by atoms with Gasteiger partial charge in [-0.05, 0) is 11.6 Å². The lowest BCUT2D eigenvalue weighted by molar-refractivity contribution is 0.280. The molecule has 0 aliphatic heterocycles. The van der Waals surface area contributed by atoms with E-state index in [9.17, 15) is 8.78 Å². The summed E-state index contributed by atoms with van der Waals surface area (Å²) in [6.45, 7) is -0.464. The minimum atomic E-state index is -0.818. The van der Waals surface area contributed by atoms with Gasteiger partial charge in [-0.15, -0.1) is 6.42 Å². The number of halogens is 2. The average Bonchev–Trinajstić information content (AvgIpc) is 2.03. The number of terminal acetylenes is 1. The summed E-state index contributed by atoms with van der Waals surface area (Å²) < 4.78 is 25.3. The first-order valence-corrected chi connectivity index (χ1v) is 3.24. The van der Waals surface area contributed by atoms with E-state index in [1.54, 1.807) is 0 Å². The van der Waals surface area contributed by atoms with Crippen molar-refractivity contribution in [3.8, 4) is 12.3 Å². The van der Waals surface area contributed by atoms with E-state index in [1.165, 1.54) is 0 Å². The van der Waals surface area contributed by atoms with E-state index in [1.807, 2.05) is 5.92 Å². The molecule has 0 radical (unpaired) electrons. The van der Waals surface area contributed by atoms with Crippen LogP contribution in [0.15, 0.2) is 12.1 Å². The van der Waals surface area contributed by atoms with Crippen molar-refractivity contribution in [1.29, 1.82) is 0 Å². The number of hydrogen-bond donors (Lipinski definition) is 1. The third kappa shape index (κ3) is 1.44. The van der Waals surface area contributed by atoms with Crippen molar-refractivity contribution in [1.82, 2.24) is 0 Å². The standard InChI is InChI=1S/C9H6F2O/c1-2-8-6(5-12)3-7(10)4-9(8)11/h1,3-4,12H,5H2. The smallest absolute Gasteiger partial charge is 0.142 e. The highest BCUT2D eigenvalue weighted by Gasteiger charge is 2.07. The molecule has 1 aromatic rings. The fourth-order valence-corrected chi connectivity index (χ4v) is 0.913. The number of benzene rings is 1. The SMILES string of the molecule is C#Cc1c(F)cc(F)cc1CO. The molecule has 0 unspecified atom stereocenters. The quantitative estimate of drug-likeness (QED) is 0.629. The summed E-state index contributed by atoms with van der Waals surface area (Å²) in [6.07, 6.45) is 4.95. The Morgan fingerprint density at radius 1 is 1.42 bits per heavy atom. The molecule has 1 aromatic carbocycles. The summed E-state index contributed by atoms with van der Waals surface area (Å²) in [7, 11) is 0. The van der Waals surface area contributed by atoms with E-state index in [4.69, 9.17) is 11.5 Å². The van der Waals surface area contributed by atoms with Crippen LogP contribution in [-0.4, -0.2) is 5.11 Å². The van der Waals surface area contributed by atoms with E-state index in [0.29, 0.717) is 6.07 Å². The van der Waals surface area contributed by atoms with Crippen LogP contribution in [0.1, 0.15) is 11.1 Å². The largest absolute Gasteiger partial charge is 0.392 e. The first-order valence-electron chi connectivity index (χ1n) is 3.24. The van der Waals surface area contributed by atoms with Gasteiger partial charge < -0.3 is 5.11 Å². The molecule has 0 aromatic heterocycles. The Hall–Kier alpha value is -1.40. The molecule has 0 fully saturated rings. The Kier molecular flexibility index (Phi) is 2.41. The van der Waals surface area contributed by atoms with E-state index in [-0.39, 0.29) is 11.1 Å². The highest BCUT2D eigenvalue weighted by Crippen LogP contribution is 2.14. The normalized spacial score (nSPS) is 9.50. The van der Waals surface area contributed by atoms with E-state index >= 15 is 0 Å². The highest BCUT2D eigenvalue weighted by molar-refractivity contribution is 5.41. The van der Waals surface area contributed by atoms with Crippen LogP contribution in [0.25, 0.3) is 0 Å². The zero-order chi connectivity index (χ0) is 9.14. The number of hydrogen-bond acceptors (Lipinski definition) is 1. The molecule has 0 saturated heterocycles. The summed E-state index contributed by atoms with van der Waals surface area (Å²) in [5.74, 6) is 0.482. The lowest BCUT2D eigenvalue weighted by Gasteiger charge is -2.01. The van der Waals surface area contributed by atoms with Crippen molar-refractivity contribution in [3.63, 3.8) is 0 Å². The molecule has 62 valence electrons. The van der Waals surface area contributed by atoms with Gasteiger partial charge in [0, 0.05) is 6.07 Å². The third-order valence-corrected chi connectivity index (χ3v) is 1.45. The van der Waals surface area contributed by atoms with Crippen LogP contribution in [0.3, 0.4) is 0 Å². The molecule has 0 amide bonds. The molecule has 0 bridgehead atoms. The average molecular weight is 168 g/mol. The lowest BCUT2D eigenvalue weighted by atomic mass is 10.1. The van der Waals surface area contributed by atoms with E-state index in [2.05, 4.69) is 0 Å². The molecule has 1 nitrogen and oxygen atoms in total. The zero-order valence-electron chi connectivity index (χ0n) is 6.14. The summed E-state index contributed by atoms with van der Waals surface area (Å²) in [5.41, 5.74) is 0.00824. The number of rotatable bonds is 1. The minimum absolute atomic E-state index is 0.0844. The monoisotopic (exact) mass is 168 g/mol. The Bertz CT molecular complexity index is 339. The maximum absolute atomic E-state index is 12.8. The van der Waals surface area contributed by atoms with Crippen LogP contribution >= 0.6 is 0 Å². The van der Waals surface area contributed by atoms with E-state index < -0.39 is 18.2 Å². The Morgan fingerprint density at radius 2 is 2.08 bits per heavy atom. The molecule has 0 aliphatic carbocycles. The van der Waals surface area contributed by atoms with Crippen LogP contribution in [0, 0.1) is 24.0 Å². The number of aliphatic hydroxyl groups excluding tert-OH is 1. The van der Waals surface area contributed by atoms with Gasteiger partial charge in [0.2, 0.25) is 0 Å². The second-order valence-electron chi connectivity index (χ2n) is 2.22. The molecule has 1 rings (SSSR count). The predicted octanol–water partition coefficient (Wildman–Crippen LogP) is 1.44. The molecule has 0 spiro atoms. The second-order valence-corrected chi connectivity index (χ2v) is 2.22. The van der Waals surface area contributed by atoms with Gasteiger partial charge in [-0.25, -0.2) is 8.78 Å². The first kappa shape index (κ1) is 8.69. The molecule has 1 N–H and O–H groups in total. The fraction of sp³-hybridized carbons (Fsp3) is 0.111. The van der Waals surface area contributed by atoms with Crippen molar-refractivity contribution in [2.45, 2.75) is 6.61 Å². The van der Waals surface area contributed by atoms with E-state index in [0.717, 1.165) is 6.07 Å². The second kappa shape index (κ2) is 3.33. The van der Waals surface area contributed by atoms with Gasteiger partial charge in [-0.3, -0.25) is 0 Å². The van der Waals surface area contributed by atoms with Gasteiger partial charge in [0.25, 0.3) is 0 Å². The molecular formula is C9H6F2O. The molecule has 0 atom stereocenters. The summed E-state index contributed by atoms with van der Waals surface area (Å²) in [4.78, 5) is 0. The van der Waals surface area contributed by atoms with Crippen LogP contribution in [0.2, 0.25) is 0 Å². The van der Waals surface area contributed by atoms with Crippen molar-refractivity contribution >= 4 is 0 Å². The zero-order valence-corrected chi connectivity index (χ0v) is 6.14. The summed E-state index contributed by atoms with van der Waals surface area (Å²) in [6, 6.07) is 1.70. The highest BCUT2D eigenvalue weighted by atomic mass is 19.1. The maximum Gasteiger partial charge on any atom is 0.142 e. The Morgan fingerprint density at radius 3 is 2.58 bits per heavy atom. The molecule has 0 aliphatic rings. The van der Waals surface area contributed by atoms with Gasteiger partial charge in [0.15, 0.2) is 0 Å². The van der Waals surface area contributed by atoms with Gasteiger partial charge in [-0.2, -0.15) is 0 Å². The molecule has 12 heavy (non-hydrogen) atoms. The third-order valence-electron chi connectivity index (χ3n) is 1.45. The maximum atomic E-state index is 12.8. The fourth-order valence-electron chi connectivity index (χ4n) is 0.913. The van der Waals surface area contributed by atoms with Crippen LogP contribution < -0.4 is 0 Å². The Balaban J connectivity index is 3.36. The van der Waals surface area contributed by atoms with Crippen LogP contribution in [0.4, 0.5) is 8.78 Å². The minimum Gasteiger partial charge on any atom is -0.392 e. The van der Waals surface area contributed by atoms with Crippen LogP contribution in [-0.2, 0) is 6.61 Å².